The van der Waals surface area contributed by atoms with Crippen LogP contribution in [0.1, 0.15) is 19.4 Å². The normalized spacial score (nSPS) is 17.1. The van der Waals surface area contributed by atoms with E-state index in [-0.39, 0.29) is 10.8 Å². The van der Waals surface area contributed by atoms with E-state index >= 15 is 0 Å². The number of carbonyl (C=O) groups is 1. The third kappa shape index (κ3) is 3.94. The zero-order valence-corrected chi connectivity index (χ0v) is 19.7. The van der Waals surface area contributed by atoms with E-state index in [0.29, 0.717) is 42.5 Å². The van der Waals surface area contributed by atoms with Gasteiger partial charge in [0.25, 0.3) is 0 Å². The maximum atomic E-state index is 13.3. The van der Waals surface area contributed by atoms with E-state index < -0.39 is 21.5 Å². The molecule has 12 heteroatoms. The molecule has 1 atom stereocenters. The molecule has 0 radical (unpaired) electrons. The number of fused-ring (bicyclic) bond motifs is 2. The lowest BCUT2D eigenvalue weighted by molar-refractivity contribution is 0.132. The lowest BCUT2D eigenvalue weighted by atomic mass is 9.99. The predicted molar refractivity (Wildman–Crippen MR) is 124 cm³/mol. The van der Waals surface area contributed by atoms with Gasteiger partial charge in [0.2, 0.25) is 11.8 Å². The Morgan fingerprint density at radius 3 is 2.97 bits per heavy atom. The van der Waals surface area contributed by atoms with Gasteiger partial charge in [0.15, 0.2) is 9.92 Å². The molecular formula is C22H24N6O5S. The number of rotatable bonds is 4. The lowest BCUT2D eigenvalue weighted by Crippen LogP contribution is -2.27. The maximum absolute atomic E-state index is 13.3. The Bertz CT molecular complexity index is 1420. The van der Waals surface area contributed by atoms with Crippen LogP contribution in [0.4, 0.5) is 10.5 Å². The molecule has 11 nitrogen and oxygen atoms in total. The largest absolute Gasteiger partial charge is 0.493 e. The number of nitrogens with two attached hydrogens (primary N) is 1. The fraction of sp³-hybridized carbons (Fsp3) is 0.318. The summed E-state index contributed by atoms with van der Waals surface area (Å²) >= 11 is 0. The van der Waals surface area contributed by atoms with Crippen LogP contribution in [0.2, 0.25) is 0 Å². The smallest absolute Gasteiger partial charge is 0.354 e. The van der Waals surface area contributed by atoms with Crippen molar-refractivity contribution >= 4 is 21.6 Å². The second-order valence-corrected chi connectivity index (χ2v) is 10.3. The number of nitrogens with zero attached hydrogens (tertiary/aromatic N) is 4. The molecule has 0 saturated carbocycles. The molecule has 0 fully saturated rings. The van der Waals surface area contributed by atoms with E-state index in [0.717, 1.165) is 11.1 Å². The Balaban J connectivity index is 1.52. The van der Waals surface area contributed by atoms with E-state index in [2.05, 4.69) is 19.8 Å². The topological polar surface area (TPSA) is 143 Å². The number of urea groups is 1. The first kappa shape index (κ1) is 22.2. The molecule has 178 valence electrons. The summed E-state index contributed by atoms with van der Waals surface area (Å²) in [5.41, 5.74) is 2.28. The van der Waals surface area contributed by atoms with Gasteiger partial charge in [-0.05, 0) is 37.6 Å². The minimum atomic E-state index is -3.62. The molecule has 2 aliphatic rings. The summed E-state index contributed by atoms with van der Waals surface area (Å²) in [5.74, 6) is 1.35. The highest BCUT2D eigenvalue weighted by atomic mass is 32.2. The number of pyridine rings is 1. The Morgan fingerprint density at radius 1 is 1.35 bits per heavy atom. The molecule has 0 aliphatic carbocycles. The van der Waals surface area contributed by atoms with Crippen molar-refractivity contribution in [2.24, 2.45) is 9.50 Å². The van der Waals surface area contributed by atoms with Crippen LogP contribution in [0.25, 0.3) is 11.1 Å². The molecule has 4 heterocycles. The van der Waals surface area contributed by atoms with Gasteiger partial charge in [-0.25, -0.2) is 23.8 Å². The van der Waals surface area contributed by atoms with E-state index in [1.807, 2.05) is 26.0 Å². The molecule has 1 aromatic carbocycles. The summed E-state index contributed by atoms with van der Waals surface area (Å²) in [7, 11) is -2.09. The van der Waals surface area contributed by atoms with E-state index in [4.69, 9.17) is 19.3 Å². The molecular weight excluding hydrogens is 460 g/mol. The number of nitrogens with one attached hydrogen (secondary N) is 1. The fourth-order valence-electron chi connectivity index (χ4n) is 4.08. The summed E-state index contributed by atoms with van der Waals surface area (Å²) in [6.07, 6.45) is 3.54. The first-order chi connectivity index (χ1) is 16.2. The first-order valence-electron chi connectivity index (χ1n) is 10.6. The van der Waals surface area contributed by atoms with Gasteiger partial charge in [0, 0.05) is 29.8 Å². The lowest BCUT2D eigenvalue weighted by Gasteiger charge is -2.16. The molecule has 3 aromatic rings. The van der Waals surface area contributed by atoms with Crippen LogP contribution in [0.15, 0.2) is 45.9 Å². The van der Waals surface area contributed by atoms with Gasteiger partial charge in [0.05, 0.1) is 32.1 Å². The summed E-state index contributed by atoms with van der Waals surface area (Å²) in [6.45, 7) is 4.71. The van der Waals surface area contributed by atoms with Crippen molar-refractivity contribution in [3.05, 3.63) is 42.2 Å². The van der Waals surface area contributed by atoms with E-state index in [1.165, 1.54) is 13.3 Å². The summed E-state index contributed by atoms with van der Waals surface area (Å²) in [6, 6.07) is 6.38. The van der Waals surface area contributed by atoms with Gasteiger partial charge in [-0.3, -0.25) is 0 Å². The zero-order chi connectivity index (χ0) is 24.1. The van der Waals surface area contributed by atoms with Crippen molar-refractivity contribution < 1.29 is 23.2 Å². The highest BCUT2D eigenvalue weighted by molar-refractivity contribution is 7.91. The van der Waals surface area contributed by atoms with Gasteiger partial charge in [-0.1, -0.05) is 0 Å². The highest BCUT2D eigenvalue weighted by Crippen LogP contribution is 2.40. The van der Waals surface area contributed by atoms with Crippen LogP contribution in [0.5, 0.6) is 17.5 Å². The minimum Gasteiger partial charge on any atom is -0.493 e. The Kier molecular flexibility index (Phi) is 5.21. The number of ether oxygens (including phenoxy) is 3. The number of hydrogen-bond donors (Lipinski definition) is 2. The van der Waals surface area contributed by atoms with E-state index in [1.54, 1.807) is 23.0 Å². The number of hydrogen-bond acceptors (Lipinski definition) is 7. The maximum Gasteiger partial charge on any atom is 0.354 e. The van der Waals surface area contributed by atoms with Crippen LogP contribution in [-0.2, 0) is 22.9 Å². The summed E-state index contributed by atoms with van der Waals surface area (Å²) in [4.78, 5) is 17.2. The molecule has 34 heavy (non-hydrogen) atoms. The van der Waals surface area contributed by atoms with Crippen molar-refractivity contribution in [1.29, 1.82) is 0 Å². The Morgan fingerprint density at radius 2 is 2.18 bits per heavy atom. The standard InChI is InChI=1S/C22H24N6O5S/c1-22(2)12-28-20(33-22)17(11-25-28)34(23,30)27-21(29)26-19-14(4-5-16-15(19)7-9-32-16)13-6-8-24-18(10-13)31-3/h4-6,8,10-11H,7,9,12H2,1-3H3,(H3,23,26,27,29,30). The van der Waals surface area contributed by atoms with Gasteiger partial charge < -0.3 is 19.5 Å². The summed E-state index contributed by atoms with van der Waals surface area (Å²) in [5, 5.41) is 13.0. The molecule has 1 unspecified atom stereocenters. The molecule has 2 aliphatic heterocycles. The van der Waals surface area contributed by atoms with Gasteiger partial charge in [0.1, 0.15) is 16.2 Å². The van der Waals surface area contributed by atoms with Gasteiger partial charge in [-0.15, -0.1) is 4.36 Å². The van der Waals surface area contributed by atoms with E-state index in [9.17, 15) is 9.00 Å². The van der Waals surface area contributed by atoms with Crippen LogP contribution in [0.3, 0.4) is 0 Å². The molecule has 0 bridgehead atoms. The summed E-state index contributed by atoms with van der Waals surface area (Å²) < 4.78 is 35.3. The number of amides is 2. The highest BCUT2D eigenvalue weighted by Gasteiger charge is 2.35. The molecule has 2 amide bonds. The molecule has 0 spiro atoms. The monoisotopic (exact) mass is 484 g/mol. The van der Waals surface area contributed by atoms with Crippen molar-refractivity contribution in [2.75, 3.05) is 19.0 Å². The average molecular weight is 485 g/mol. The SMILES string of the molecule is COc1cc(-c2ccc3c(c2NC(=O)N=S(N)(=O)c2cnn4c2OC(C)(C)C4)CCO3)ccn1. The minimum absolute atomic E-state index is 0.0777. The number of aromatic nitrogens is 3. The van der Waals surface area contributed by atoms with Crippen LogP contribution < -0.4 is 24.7 Å². The van der Waals surface area contributed by atoms with Crippen molar-refractivity contribution in [3.8, 4) is 28.6 Å². The third-order valence-corrected chi connectivity index (χ3v) is 6.91. The van der Waals surface area contributed by atoms with Gasteiger partial charge in [-0.2, -0.15) is 5.10 Å². The third-order valence-electron chi connectivity index (χ3n) is 5.56. The van der Waals surface area contributed by atoms with Crippen LogP contribution in [0, 0.1) is 0 Å². The Hall–Kier alpha value is -3.64. The second kappa shape index (κ2) is 7.99. The average Bonchev–Trinajstić information content (AvgIpc) is 3.47. The first-order valence-corrected chi connectivity index (χ1v) is 12.1. The molecule has 3 N–H and O–H groups in total. The fourth-order valence-corrected chi connectivity index (χ4v) is 5.06. The molecule has 2 aromatic heterocycles. The quantitative estimate of drug-likeness (QED) is 0.579. The number of anilines is 1. The molecule has 5 rings (SSSR count). The predicted octanol–water partition coefficient (Wildman–Crippen LogP) is 2.99. The zero-order valence-electron chi connectivity index (χ0n) is 18.9. The number of carbonyl (C=O) groups excluding carboxylic acids is 1. The number of benzene rings is 1. The number of methoxy groups -OCH3 is 1. The van der Waals surface area contributed by atoms with Crippen LogP contribution in [-0.4, -0.2) is 44.3 Å². The Labute approximate surface area is 196 Å². The second-order valence-electron chi connectivity index (χ2n) is 8.57. The van der Waals surface area contributed by atoms with Gasteiger partial charge >= 0.3 is 6.03 Å². The molecule has 0 saturated heterocycles. The van der Waals surface area contributed by atoms with Crippen molar-refractivity contribution in [1.82, 2.24) is 14.8 Å². The van der Waals surface area contributed by atoms with Crippen molar-refractivity contribution in [3.63, 3.8) is 0 Å². The van der Waals surface area contributed by atoms with Crippen LogP contribution >= 0.6 is 0 Å². The van der Waals surface area contributed by atoms with Crippen molar-refractivity contribution in [2.45, 2.75) is 37.3 Å².